The van der Waals surface area contributed by atoms with Crippen molar-refractivity contribution >= 4 is 46.9 Å². The Kier molecular flexibility index (Phi) is 7.24. The largest absolute Gasteiger partial charge is 0.370 e. The summed E-state index contributed by atoms with van der Waals surface area (Å²) < 4.78 is 2.10. The van der Waals surface area contributed by atoms with Crippen molar-refractivity contribution in [3.05, 3.63) is 30.1 Å². The van der Waals surface area contributed by atoms with Crippen molar-refractivity contribution in [1.82, 2.24) is 19.8 Å². The van der Waals surface area contributed by atoms with Crippen molar-refractivity contribution in [2.75, 3.05) is 20.1 Å². The van der Waals surface area contributed by atoms with Crippen molar-refractivity contribution < 1.29 is 4.79 Å². The number of aliphatic imine (C=N–C) groups is 1. The van der Waals surface area contributed by atoms with Crippen LogP contribution in [0.1, 0.15) is 25.1 Å². The highest BCUT2D eigenvalue weighted by Crippen LogP contribution is 2.19. The third kappa shape index (κ3) is 4.66. The maximum absolute atomic E-state index is 11.2. The zero-order chi connectivity index (χ0) is 17.8. The van der Waals surface area contributed by atoms with Crippen molar-refractivity contribution in [2.24, 2.45) is 23.7 Å². The van der Waals surface area contributed by atoms with E-state index < -0.39 is 0 Å². The highest BCUT2D eigenvalue weighted by atomic mass is 127. The molecule has 1 unspecified atom stereocenters. The number of benzene rings is 1. The molecule has 3 rings (SSSR count). The molecule has 1 amide bonds. The standard InChI is InChI=1S/C18H26N6O.HI/c1-20-18(24-9-5-6-13(12-24)10-16(19)25)21-11-17-22-14-7-3-4-8-15(14)23(17)2;/h3-4,7-8,13H,5-6,9-12H2,1-2H3,(H2,19,25)(H,20,21);1H. The lowest BCUT2D eigenvalue weighted by Crippen LogP contribution is -2.47. The summed E-state index contributed by atoms with van der Waals surface area (Å²) in [5, 5.41) is 3.41. The van der Waals surface area contributed by atoms with E-state index in [1.165, 1.54) is 0 Å². The van der Waals surface area contributed by atoms with E-state index in [0.717, 1.165) is 48.7 Å². The minimum Gasteiger partial charge on any atom is -0.370 e. The first-order valence-electron chi connectivity index (χ1n) is 8.72. The fourth-order valence-corrected chi connectivity index (χ4v) is 3.55. The second kappa shape index (κ2) is 9.20. The van der Waals surface area contributed by atoms with Crippen molar-refractivity contribution in [1.29, 1.82) is 0 Å². The van der Waals surface area contributed by atoms with Crippen molar-refractivity contribution in [3.8, 4) is 0 Å². The summed E-state index contributed by atoms with van der Waals surface area (Å²) in [6, 6.07) is 8.11. The molecule has 26 heavy (non-hydrogen) atoms. The quantitative estimate of drug-likeness (QED) is 0.406. The lowest BCUT2D eigenvalue weighted by atomic mass is 9.95. The molecule has 1 fully saturated rings. The number of aromatic nitrogens is 2. The fourth-order valence-electron chi connectivity index (χ4n) is 3.55. The van der Waals surface area contributed by atoms with Crippen LogP contribution in [0.3, 0.4) is 0 Å². The molecular weight excluding hydrogens is 443 g/mol. The highest BCUT2D eigenvalue weighted by molar-refractivity contribution is 14.0. The number of aryl methyl sites for hydroxylation is 1. The number of halogens is 1. The zero-order valence-corrected chi connectivity index (χ0v) is 17.6. The van der Waals surface area contributed by atoms with Crippen LogP contribution in [0.2, 0.25) is 0 Å². The van der Waals surface area contributed by atoms with Gasteiger partial charge in [-0.25, -0.2) is 4.98 Å². The summed E-state index contributed by atoms with van der Waals surface area (Å²) in [5.74, 6) is 1.89. The molecule has 0 saturated carbocycles. The van der Waals surface area contributed by atoms with Crippen molar-refractivity contribution in [3.63, 3.8) is 0 Å². The number of nitrogens with zero attached hydrogens (tertiary/aromatic N) is 4. The van der Waals surface area contributed by atoms with Crippen LogP contribution in [0.25, 0.3) is 11.0 Å². The molecule has 0 bridgehead atoms. The molecule has 8 heteroatoms. The Hall–Kier alpha value is -1.84. The number of imidazole rings is 1. The Bertz CT molecular complexity index is 787. The van der Waals surface area contributed by atoms with Gasteiger partial charge >= 0.3 is 0 Å². The molecule has 0 spiro atoms. The molecule has 142 valence electrons. The van der Waals surface area contributed by atoms with E-state index in [4.69, 9.17) is 5.73 Å². The predicted octanol–water partition coefficient (Wildman–Crippen LogP) is 1.85. The molecule has 2 heterocycles. The summed E-state index contributed by atoms with van der Waals surface area (Å²) in [6.07, 6.45) is 2.53. The molecule has 7 nitrogen and oxygen atoms in total. The van der Waals surface area contributed by atoms with Crippen LogP contribution in [0.4, 0.5) is 0 Å². The molecule has 1 aliphatic heterocycles. The first kappa shape index (κ1) is 20.5. The molecule has 1 aromatic carbocycles. The van der Waals surface area contributed by atoms with Crippen LogP contribution in [0.15, 0.2) is 29.3 Å². The van der Waals surface area contributed by atoms with Crippen LogP contribution in [-0.2, 0) is 18.4 Å². The van der Waals surface area contributed by atoms with Gasteiger partial charge in [0.05, 0.1) is 17.6 Å². The van der Waals surface area contributed by atoms with Crippen molar-refractivity contribution in [2.45, 2.75) is 25.8 Å². The number of hydrogen-bond acceptors (Lipinski definition) is 3. The number of fused-ring (bicyclic) bond motifs is 1. The number of nitrogens with two attached hydrogens (primary N) is 1. The maximum Gasteiger partial charge on any atom is 0.217 e. The number of guanidine groups is 1. The van der Waals surface area contributed by atoms with Gasteiger partial charge in [0.15, 0.2) is 5.96 Å². The Morgan fingerprint density at radius 1 is 1.42 bits per heavy atom. The zero-order valence-electron chi connectivity index (χ0n) is 15.3. The monoisotopic (exact) mass is 470 g/mol. The molecule has 1 aliphatic rings. The molecule has 1 saturated heterocycles. The highest BCUT2D eigenvalue weighted by Gasteiger charge is 2.23. The van der Waals surface area contributed by atoms with E-state index in [0.29, 0.717) is 18.9 Å². The van der Waals surface area contributed by atoms with Gasteiger partial charge in [0.1, 0.15) is 5.82 Å². The molecule has 2 aromatic rings. The fraction of sp³-hybridized carbons (Fsp3) is 0.500. The Balaban J connectivity index is 0.00000243. The van der Waals surface area contributed by atoms with Crippen LogP contribution in [0.5, 0.6) is 0 Å². The molecule has 3 N–H and O–H groups in total. The number of primary amides is 1. The Labute approximate surface area is 171 Å². The van der Waals surface area contributed by atoms with Gasteiger partial charge in [-0.05, 0) is 30.9 Å². The summed E-state index contributed by atoms with van der Waals surface area (Å²) in [4.78, 5) is 22.5. The molecular formula is C18H27IN6O. The minimum absolute atomic E-state index is 0. The lowest BCUT2D eigenvalue weighted by molar-refractivity contribution is -0.119. The van der Waals surface area contributed by atoms with Gasteiger partial charge in [0.25, 0.3) is 0 Å². The summed E-state index contributed by atoms with van der Waals surface area (Å²) in [6.45, 7) is 2.36. The number of hydrogen-bond donors (Lipinski definition) is 2. The lowest BCUT2D eigenvalue weighted by Gasteiger charge is -2.34. The average molecular weight is 470 g/mol. The molecule has 0 aliphatic carbocycles. The van der Waals surface area contributed by atoms with Gasteiger partial charge in [-0.15, -0.1) is 24.0 Å². The predicted molar refractivity (Wildman–Crippen MR) is 114 cm³/mol. The second-order valence-corrected chi connectivity index (χ2v) is 6.60. The van der Waals surface area contributed by atoms with Crippen LogP contribution < -0.4 is 11.1 Å². The van der Waals surface area contributed by atoms with E-state index in [1.54, 1.807) is 7.05 Å². The van der Waals surface area contributed by atoms with E-state index in [-0.39, 0.29) is 29.9 Å². The number of amides is 1. The van der Waals surface area contributed by atoms with Crippen LogP contribution in [0, 0.1) is 5.92 Å². The smallest absolute Gasteiger partial charge is 0.217 e. The van der Waals surface area contributed by atoms with Gasteiger partial charge in [-0.1, -0.05) is 12.1 Å². The Morgan fingerprint density at radius 3 is 2.88 bits per heavy atom. The molecule has 0 radical (unpaired) electrons. The van der Waals surface area contributed by atoms with E-state index >= 15 is 0 Å². The van der Waals surface area contributed by atoms with E-state index in [1.807, 2.05) is 25.2 Å². The minimum atomic E-state index is -0.227. The van der Waals surface area contributed by atoms with Gasteiger partial charge in [0, 0.05) is 33.6 Å². The molecule has 1 aromatic heterocycles. The number of likely N-dealkylation sites (tertiary alicyclic amines) is 1. The van der Waals surface area contributed by atoms with Crippen LogP contribution >= 0.6 is 24.0 Å². The summed E-state index contributed by atoms with van der Waals surface area (Å²) >= 11 is 0. The van der Waals surface area contributed by atoms with Gasteiger partial charge < -0.3 is 20.5 Å². The number of rotatable bonds is 4. The normalized spacial score (nSPS) is 17.8. The first-order chi connectivity index (χ1) is 12.1. The average Bonchev–Trinajstić information content (AvgIpc) is 2.92. The third-order valence-corrected chi connectivity index (χ3v) is 4.80. The topological polar surface area (TPSA) is 88.5 Å². The van der Waals surface area contributed by atoms with E-state index in [2.05, 4.69) is 30.8 Å². The maximum atomic E-state index is 11.2. The van der Waals surface area contributed by atoms with Gasteiger partial charge in [0.2, 0.25) is 5.91 Å². The molecule has 1 atom stereocenters. The Morgan fingerprint density at radius 2 is 2.19 bits per heavy atom. The number of piperidine rings is 1. The third-order valence-electron chi connectivity index (χ3n) is 4.80. The number of carbonyl (C=O) groups is 1. The van der Waals surface area contributed by atoms with Gasteiger partial charge in [-0.3, -0.25) is 9.79 Å². The summed E-state index contributed by atoms with van der Waals surface area (Å²) in [7, 11) is 3.81. The first-order valence-corrected chi connectivity index (χ1v) is 8.72. The number of nitrogens with one attached hydrogen (secondary N) is 1. The van der Waals surface area contributed by atoms with E-state index in [9.17, 15) is 4.79 Å². The van der Waals surface area contributed by atoms with Crippen LogP contribution in [-0.4, -0.2) is 46.5 Å². The summed E-state index contributed by atoms with van der Waals surface area (Å²) in [5.41, 5.74) is 7.47. The SMILES string of the molecule is CN=C(NCc1nc2ccccc2n1C)N1CCCC(CC(N)=O)C1.I. The number of carbonyl (C=O) groups excluding carboxylic acids is 1. The van der Waals surface area contributed by atoms with Gasteiger partial charge in [-0.2, -0.15) is 0 Å². The second-order valence-electron chi connectivity index (χ2n) is 6.60. The number of para-hydroxylation sites is 2.